The molecule has 0 fully saturated rings. The predicted octanol–water partition coefficient (Wildman–Crippen LogP) is 0.788. The minimum Gasteiger partial charge on any atom is -0.481 e. The smallest absolute Gasteiger partial charge is 0.335 e. The van der Waals surface area contributed by atoms with E-state index in [4.69, 9.17) is 9.22 Å². The minimum absolute atomic E-state index is 0.0701. The van der Waals surface area contributed by atoms with Gasteiger partial charge in [-0.05, 0) is 6.07 Å². The Morgan fingerprint density at radius 3 is 3.36 bits per heavy atom. The number of hydrogen-bond donors (Lipinski definition) is 1. The average molecular weight is 156 g/mol. The molecule has 11 heavy (non-hydrogen) atoms. The number of carboxylic acid groups (broad SMARTS) is 1. The van der Waals surface area contributed by atoms with Gasteiger partial charge >= 0.3 is 5.97 Å². The van der Waals surface area contributed by atoms with E-state index in [0.29, 0.717) is 0 Å². The van der Waals surface area contributed by atoms with Crippen molar-refractivity contribution < 1.29 is 18.8 Å². The summed E-state index contributed by atoms with van der Waals surface area (Å²) in [6.45, 7) is 0. The maximum Gasteiger partial charge on any atom is 0.335 e. The maximum atomic E-state index is 10.5. The summed E-state index contributed by atoms with van der Waals surface area (Å²) in [6.07, 6.45) is 1.17. The molecule has 0 radical (unpaired) electrons. The molecule has 58 valence electrons. The molecular formula is C7H7NO3. The first kappa shape index (κ1) is 4.33. The maximum absolute atomic E-state index is 10.5. The fourth-order valence-corrected chi connectivity index (χ4v) is 0.598. The van der Waals surface area contributed by atoms with E-state index in [1.54, 1.807) is 0 Å². The molecule has 1 aromatic rings. The lowest BCUT2D eigenvalue weighted by Crippen LogP contribution is -1.97. The van der Waals surface area contributed by atoms with Crippen LogP contribution in [0.4, 0.5) is 0 Å². The lowest BCUT2D eigenvalue weighted by Gasteiger charge is -1.97. The van der Waals surface area contributed by atoms with Gasteiger partial charge in [-0.15, -0.1) is 0 Å². The zero-order valence-electron chi connectivity index (χ0n) is 8.44. The largest absolute Gasteiger partial charge is 0.481 e. The monoisotopic (exact) mass is 156 g/mol. The quantitative estimate of drug-likeness (QED) is 0.687. The molecule has 0 bridgehead atoms. The van der Waals surface area contributed by atoms with E-state index < -0.39 is 13.0 Å². The van der Waals surface area contributed by atoms with Crippen molar-refractivity contribution in [3.05, 3.63) is 23.9 Å². The molecular weight excluding hydrogens is 146 g/mol. The Hall–Kier alpha value is -1.58. The number of carboxylic acids is 1. The highest BCUT2D eigenvalue weighted by molar-refractivity contribution is 5.87. The highest BCUT2D eigenvalue weighted by Crippen LogP contribution is 2.07. The van der Waals surface area contributed by atoms with Gasteiger partial charge in [-0.3, -0.25) is 0 Å². The zero-order valence-corrected chi connectivity index (χ0v) is 5.44. The van der Waals surface area contributed by atoms with Crippen LogP contribution < -0.4 is 4.74 Å². The van der Waals surface area contributed by atoms with Crippen molar-refractivity contribution in [2.75, 3.05) is 7.04 Å². The van der Waals surface area contributed by atoms with Crippen molar-refractivity contribution in [2.24, 2.45) is 0 Å². The van der Waals surface area contributed by atoms with Crippen molar-refractivity contribution in [3.8, 4) is 5.88 Å². The summed E-state index contributed by atoms with van der Waals surface area (Å²) in [5.74, 6) is -1.40. The number of methoxy groups -OCH3 is 1. The van der Waals surface area contributed by atoms with Gasteiger partial charge in [-0.1, -0.05) is 0 Å². The Morgan fingerprint density at radius 1 is 1.91 bits per heavy atom. The fourth-order valence-electron chi connectivity index (χ4n) is 0.598. The van der Waals surface area contributed by atoms with Gasteiger partial charge in [0.15, 0.2) is 0 Å². The van der Waals surface area contributed by atoms with Gasteiger partial charge in [-0.25, -0.2) is 9.78 Å². The molecule has 4 nitrogen and oxygen atoms in total. The van der Waals surface area contributed by atoms with Crippen molar-refractivity contribution in [1.29, 1.82) is 0 Å². The molecule has 0 saturated carbocycles. The van der Waals surface area contributed by atoms with Gasteiger partial charge in [0, 0.05) is 12.3 Å². The number of aromatic nitrogens is 1. The first-order valence-corrected chi connectivity index (χ1v) is 2.77. The number of aromatic carboxylic acids is 1. The van der Waals surface area contributed by atoms with E-state index in [1.165, 1.54) is 12.3 Å². The minimum atomic E-state index is -2.62. The van der Waals surface area contributed by atoms with E-state index in [9.17, 15) is 4.79 Å². The molecule has 0 saturated heterocycles. The zero-order chi connectivity index (χ0) is 10.8. The summed E-state index contributed by atoms with van der Waals surface area (Å²) >= 11 is 0. The molecule has 0 atom stereocenters. The number of carbonyl (C=O) groups is 1. The third-order valence-electron chi connectivity index (χ3n) is 1.09. The Bertz CT molecular complexity index is 350. The van der Waals surface area contributed by atoms with Crippen LogP contribution in [0.3, 0.4) is 0 Å². The summed E-state index contributed by atoms with van der Waals surface area (Å²) < 4.78 is 24.7. The summed E-state index contributed by atoms with van der Waals surface area (Å²) in [7, 11) is -2.62. The van der Waals surface area contributed by atoms with Gasteiger partial charge in [0.05, 0.1) is 16.7 Å². The number of pyridine rings is 1. The van der Waals surface area contributed by atoms with E-state index in [2.05, 4.69) is 9.72 Å². The van der Waals surface area contributed by atoms with Crippen LogP contribution in [0.5, 0.6) is 5.88 Å². The molecule has 0 aliphatic rings. The molecule has 0 unspecified atom stereocenters. The third-order valence-corrected chi connectivity index (χ3v) is 1.09. The highest BCUT2D eigenvalue weighted by Gasteiger charge is 2.02. The molecule has 4 heteroatoms. The molecule has 1 rings (SSSR count). The van der Waals surface area contributed by atoms with Crippen LogP contribution in [0, 0.1) is 0 Å². The molecule has 0 amide bonds. The van der Waals surface area contributed by atoms with E-state index in [-0.39, 0.29) is 11.4 Å². The second-order valence-electron chi connectivity index (χ2n) is 1.79. The Kier molecular flexibility index (Phi) is 1.18. The number of hydrogen-bond acceptors (Lipinski definition) is 3. The average Bonchev–Trinajstić information content (AvgIpc) is 2.01. The molecule has 0 aliphatic heterocycles. The number of rotatable bonds is 2. The molecule has 1 heterocycles. The van der Waals surface area contributed by atoms with Crippen LogP contribution in [-0.4, -0.2) is 23.1 Å². The van der Waals surface area contributed by atoms with Gasteiger partial charge in [0.1, 0.15) is 0 Å². The molecule has 0 aromatic carbocycles. The van der Waals surface area contributed by atoms with Crippen molar-refractivity contribution in [3.63, 3.8) is 0 Å². The summed E-state index contributed by atoms with van der Waals surface area (Å²) in [5.41, 5.74) is -0.0701. The Morgan fingerprint density at radius 2 is 2.73 bits per heavy atom. The lowest BCUT2D eigenvalue weighted by molar-refractivity contribution is 0.0696. The standard InChI is InChI=1S/C7H7NO3/c1-11-6-4-5(7(9)10)2-3-8-6/h2-4H,1H3,(H,9,10)/i1D3. The number of nitrogens with zero attached hydrogens (tertiary/aromatic N) is 1. The van der Waals surface area contributed by atoms with Gasteiger partial charge in [0.25, 0.3) is 0 Å². The predicted molar refractivity (Wildman–Crippen MR) is 37.7 cm³/mol. The fraction of sp³-hybridized carbons (Fsp3) is 0.143. The second-order valence-corrected chi connectivity index (χ2v) is 1.79. The van der Waals surface area contributed by atoms with Gasteiger partial charge in [-0.2, -0.15) is 0 Å². The van der Waals surface area contributed by atoms with Crippen LogP contribution in [0.25, 0.3) is 0 Å². The van der Waals surface area contributed by atoms with Crippen molar-refractivity contribution >= 4 is 5.97 Å². The van der Waals surface area contributed by atoms with Crippen molar-refractivity contribution in [1.82, 2.24) is 4.98 Å². The van der Waals surface area contributed by atoms with Gasteiger partial charge < -0.3 is 9.84 Å². The first-order valence-electron chi connectivity index (χ1n) is 4.27. The van der Waals surface area contributed by atoms with Crippen LogP contribution in [0.1, 0.15) is 14.5 Å². The Labute approximate surface area is 67.7 Å². The molecule has 1 aromatic heterocycles. The van der Waals surface area contributed by atoms with Crippen molar-refractivity contribution in [2.45, 2.75) is 0 Å². The van der Waals surface area contributed by atoms with Crippen LogP contribution in [0.15, 0.2) is 18.3 Å². The highest BCUT2D eigenvalue weighted by atomic mass is 16.5. The van der Waals surface area contributed by atoms with Crippen LogP contribution in [-0.2, 0) is 0 Å². The summed E-state index contributed by atoms with van der Waals surface area (Å²) in [5, 5.41) is 8.58. The second kappa shape index (κ2) is 3.01. The Balaban J connectivity index is 2.89. The number of ether oxygens (including phenoxy) is 1. The van der Waals surface area contributed by atoms with Crippen LogP contribution >= 0.6 is 0 Å². The van der Waals surface area contributed by atoms with Gasteiger partial charge in [0.2, 0.25) is 5.88 Å². The van der Waals surface area contributed by atoms with Crippen LogP contribution in [0.2, 0.25) is 0 Å². The normalized spacial score (nSPS) is 14.4. The molecule has 0 aliphatic carbocycles. The summed E-state index contributed by atoms with van der Waals surface area (Å²) in [6, 6.07) is 2.30. The molecule has 0 spiro atoms. The molecule has 1 N–H and O–H groups in total. The summed E-state index contributed by atoms with van der Waals surface area (Å²) in [4.78, 5) is 14.1. The van der Waals surface area contributed by atoms with E-state index >= 15 is 0 Å². The first-order chi connectivity index (χ1) is 6.38. The third kappa shape index (κ3) is 1.67. The van der Waals surface area contributed by atoms with E-state index in [1.807, 2.05) is 0 Å². The topological polar surface area (TPSA) is 59.4 Å². The lowest BCUT2D eigenvalue weighted by atomic mass is 10.3. The SMILES string of the molecule is [2H]C([2H])([2H])Oc1cc(C(=O)O)ccn1. The van der Waals surface area contributed by atoms with E-state index in [0.717, 1.165) is 6.07 Å².